The van der Waals surface area contributed by atoms with E-state index in [0.717, 1.165) is 16.8 Å². The van der Waals surface area contributed by atoms with Crippen molar-refractivity contribution in [2.75, 3.05) is 18.2 Å². The Morgan fingerprint density at radius 3 is 2.53 bits per heavy atom. The fraction of sp³-hybridized carbons (Fsp3) is 0.200. The zero-order valence-electron chi connectivity index (χ0n) is 11.3. The molecule has 0 aliphatic heterocycles. The standard InChI is InChI=1S/C15H17FN2O/c1-9-7-10(2)14(13(8-9)19-3)18-15-11(16)5-4-6-12(15)17/h4-8,18H,17H2,1-3H3. The van der Waals surface area contributed by atoms with Crippen LogP contribution in [0.15, 0.2) is 30.3 Å². The largest absolute Gasteiger partial charge is 0.495 e. The first-order valence-electron chi connectivity index (χ1n) is 5.99. The van der Waals surface area contributed by atoms with E-state index in [0.29, 0.717) is 11.4 Å². The number of anilines is 3. The summed E-state index contributed by atoms with van der Waals surface area (Å²) < 4.78 is 19.1. The summed E-state index contributed by atoms with van der Waals surface area (Å²) >= 11 is 0. The molecule has 3 nitrogen and oxygen atoms in total. The minimum atomic E-state index is -0.387. The van der Waals surface area contributed by atoms with Crippen molar-refractivity contribution in [1.82, 2.24) is 0 Å². The van der Waals surface area contributed by atoms with Gasteiger partial charge in [-0.25, -0.2) is 4.39 Å². The molecule has 0 aromatic heterocycles. The van der Waals surface area contributed by atoms with Crippen molar-refractivity contribution in [3.63, 3.8) is 0 Å². The molecule has 2 aromatic rings. The molecule has 0 fully saturated rings. The van der Waals surface area contributed by atoms with Crippen LogP contribution >= 0.6 is 0 Å². The van der Waals surface area contributed by atoms with Gasteiger partial charge in [0, 0.05) is 0 Å². The van der Waals surface area contributed by atoms with E-state index < -0.39 is 0 Å². The average Bonchev–Trinajstić information content (AvgIpc) is 2.35. The minimum absolute atomic E-state index is 0.271. The third-order valence-electron chi connectivity index (χ3n) is 2.96. The van der Waals surface area contributed by atoms with Gasteiger partial charge in [0.05, 0.1) is 24.2 Å². The van der Waals surface area contributed by atoms with Gasteiger partial charge in [-0.15, -0.1) is 0 Å². The number of hydrogen-bond acceptors (Lipinski definition) is 3. The van der Waals surface area contributed by atoms with Crippen molar-refractivity contribution < 1.29 is 9.13 Å². The van der Waals surface area contributed by atoms with Gasteiger partial charge in [0.1, 0.15) is 11.6 Å². The van der Waals surface area contributed by atoms with Gasteiger partial charge in [0.15, 0.2) is 0 Å². The summed E-state index contributed by atoms with van der Waals surface area (Å²) in [7, 11) is 1.59. The summed E-state index contributed by atoms with van der Waals surface area (Å²) in [5.74, 6) is 0.280. The molecule has 0 saturated carbocycles. The Morgan fingerprint density at radius 1 is 1.16 bits per heavy atom. The molecule has 100 valence electrons. The molecule has 0 bridgehead atoms. The highest BCUT2D eigenvalue weighted by Gasteiger charge is 2.12. The van der Waals surface area contributed by atoms with Crippen LogP contribution in [0.1, 0.15) is 11.1 Å². The molecule has 0 amide bonds. The van der Waals surface area contributed by atoms with Crippen LogP contribution < -0.4 is 15.8 Å². The highest BCUT2D eigenvalue weighted by Crippen LogP contribution is 2.35. The fourth-order valence-corrected chi connectivity index (χ4v) is 2.05. The van der Waals surface area contributed by atoms with Crippen LogP contribution in [0, 0.1) is 19.7 Å². The molecule has 0 aliphatic carbocycles. The summed E-state index contributed by atoms with van der Waals surface area (Å²) in [6, 6.07) is 8.50. The predicted molar refractivity (Wildman–Crippen MR) is 76.6 cm³/mol. The van der Waals surface area contributed by atoms with Gasteiger partial charge >= 0.3 is 0 Å². The van der Waals surface area contributed by atoms with E-state index >= 15 is 0 Å². The molecule has 0 heterocycles. The topological polar surface area (TPSA) is 47.3 Å². The third-order valence-corrected chi connectivity index (χ3v) is 2.96. The summed E-state index contributed by atoms with van der Waals surface area (Å²) in [5, 5.41) is 3.03. The number of para-hydroxylation sites is 1. The maximum Gasteiger partial charge on any atom is 0.148 e. The lowest BCUT2D eigenvalue weighted by atomic mass is 10.1. The highest BCUT2D eigenvalue weighted by molar-refractivity contribution is 5.77. The molecule has 2 aromatic carbocycles. The van der Waals surface area contributed by atoms with Crippen molar-refractivity contribution in [2.24, 2.45) is 0 Å². The number of aryl methyl sites for hydroxylation is 2. The number of ether oxygens (including phenoxy) is 1. The summed E-state index contributed by atoms with van der Waals surface area (Å²) in [6.07, 6.45) is 0. The van der Waals surface area contributed by atoms with E-state index in [2.05, 4.69) is 5.32 Å². The number of nitrogens with one attached hydrogen (secondary N) is 1. The van der Waals surface area contributed by atoms with E-state index in [1.54, 1.807) is 19.2 Å². The first-order valence-corrected chi connectivity index (χ1v) is 5.99. The monoisotopic (exact) mass is 260 g/mol. The average molecular weight is 260 g/mol. The number of nitrogens with two attached hydrogens (primary N) is 1. The van der Waals surface area contributed by atoms with Crippen LogP contribution in [0.3, 0.4) is 0 Å². The minimum Gasteiger partial charge on any atom is -0.495 e. The molecule has 19 heavy (non-hydrogen) atoms. The second kappa shape index (κ2) is 5.18. The number of halogens is 1. The highest BCUT2D eigenvalue weighted by atomic mass is 19.1. The molecular weight excluding hydrogens is 243 g/mol. The predicted octanol–water partition coefficient (Wildman–Crippen LogP) is 3.78. The smallest absolute Gasteiger partial charge is 0.148 e. The van der Waals surface area contributed by atoms with Crippen LogP contribution in [-0.2, 0) is 0 Å². The van der Waals surface area contributed by atoms with Gasteiger partial charge in [-0.3, -0.25) is 0 Å². The van der Waals surface area contributed by atoms with Gasteiger partial charge in [-0.2, -0.15) is 0 Å². The Hall–Kier alpha value is -2.23. The Bertz CT molecular complexity index is 591. The maximum atomic E-state index is 13.8. The van der Waals surface area contributed by atoms with Gasteiger partial charge in [-0.1, -0.05) is 12.1 Å². The number of benzene rings is 2. The fourth-order valence-electron chi connectivity index (χ4n) is 2.05. The molecule has 0 spiro atoms. The summed E-state index contributed by atoms with van der Waals surface area (Å²) in [4.78, 5) is 0. The Labute approximate surface area is 112 Å². The molecule has 0 unspecified atom stereocenters. The molecule has 0 radical (unpaired) electrons. The van der Waals surface area contributed by atoms with Crippen LogP contribution in [0.4, 0.5) is 21.5 Å². The van der Waals surface area contributed by atoms with Gasteiger partial charge in [0.2, 0.25) is 0 Å². The number of rotatable bonds is 3. The molecular formula is C15H17FN2O. The number of methoxy groups -OCH3 is 1. The van der Waals surface area contributed by atoms with Gasteiger partial charge in [0.25, 0.3) is 0 Å². The number of hydrogen-bond donors (Lipinski definition) is 2. The second-order valence-electron chi connectivity index (χ2n) is 4.49. The Balaban J connectivity index is 2.49. The van der Waals surface area contributed by atoms with Crippen molar-refractivity contribution in [2.45, 2.75) is 13.8 Å². The van der Waals surface area contributed by atoms with E-state index in [1.807, 2.05) is 26.0 Å². The van der Waals surface area contributed by atoms with E-state index in [9.17, 15) is 4.39 Å². The summed E-state index contributed by atoms with van der Waals surface area (Å²) in [6.45, 7) is 3.92. The van der Waals surface area contributed by atoms with E-state index in [-0.39, 0.29) is 11.5 Å². The van der Waals surface area contributed by atoms with Crippen molar-refractivity contribution >= 4 is 17.1 Å². The first-order chi connectivity index (χ1) is 9.02. The van der Waals surface area contributed by atoms with E-state index in [4.69, 9.17) is 10.5 Å². The molecule has 0 aliphatic rings. The third kappa shape index (κ3) is 2.62. The van der Waals surface area contributed by atoms with Crippen LogP contribution in [0.25, 0.3) is 0 Å². The van der Waals surface area contributed by atoms with Gasteiger partial charge in [-0.05, 0) is 43.2 Å². The van der Waals surface area contributed by atoms with Crippen LogP contribution in [0.5, 0.6) is 5.75 Å². The lowest BCUT2D eigenvalue weighted by molar-refractivity contribution is 0.416. The van der Waals surface area contributed by atoms with Crippen LogP contribution in [0.2, 0.25) is 0 Å². The normalized spacial score (nSPS) is 10.3. The second-order valence-corrected chi connectivity index (χ2v) is 4.49. The van der Waals surface area contributed by atoms with Crippen molar-refractivity contribution in [3.05, 3.63) is 47.3 Å². The quantitative estimate of drug-likeness (QED) is 0.826. The molecule has 2 rings (SSSR count). The molecule has 4 heteroatoms. The van der Waals surface area contributed by atoms with Crippen LogP contribution in [-0.4, -0.2) is 7.11 Å². The van der Waals surface area contributed by atoms with E-state index in [1.165, 1.54) is 6.07 Å². The zero-order chi connectivity index (χ0) is 14.0. The Morgan fingerprint density at radius 2 is 1.89 bits per heavy atom. The lowest BCUT2D eigenvalue weighted by Gasteiger charge is -2.16. The number of nitrogen functional groups attached to an aromatic ring is 1. The van der Waals surface area contributed by atoms with Gasteiger partial charge < -0.3 is 15.8 Å². The molecule has 0 atom stereocenters. The molecule has 0 saturated heterocycles. The maximum absolute atomic E-state index is 13.8. The Kier molecular flexibility index (Phi) is 3.60. The SMILES string of the molecule is COc1cc(C)cc(C)c1Nc1c(N)cccc1F. The van der Waals surface area contributed by atoms with Crippen molar-refractivity contribution in [3.8, 4) is 5.75 Å². The first kappa shape index (κ1) is 13.2. The van der Waals surface area contributed by atoms with Crippen molar-refractivity contribution in [1.29, 1.82) is 0 Å². The molecule has 3 N–H and O–H groups in total. The summed E-state index contributed by atoms with van der Waals surface area (Å²) in [5.41, 5.74) is 9.21. The zero-order valence-corrected chi connectivity index (χ0v) is 11.3. The lowest BCUT2D eigenvalue weighted by Crippen LogP contribution is -2.02.